The van der Waals surface area contributed by atoms with E-state index in [1.165, 1.54) is 50.3 Å². The third kappa shape index (κ3) is 9.38. The van der Waals surface area contributed by atoms with Crippen molar-refractivity contribution >= 4 is 23.5 Å². The molecule has 0 amide bonds. The molecule has 2 aromatic rings. The molecule has 210 valence electrons. The second-order valence-corrected chi connectivity index (χ2v) is 11.0. The van der Waals surface area contributed by atoms with Gasteiger partial charge >= 0.3 is 6.16 Å². The van der Waals surface area contributed by atoms with Gasteiger partial charge in [-0.15, -0.1) is 4.37 Å². The number of nitrogens with zero attached hydrogens (tertiary/aromatic N) is 3. The first kappa shape index (κ1) is 30.1. The number of hydrogen-bond donors (Lipinski definition) is 0. The maximum atomic E-state index is 12.8. The van der Waals surface area contributed by atoms with Gasteiger partial charge < -0.3 is 14.2 Å². The summed E-state index contributed by atoms with van der Waals surface area (Å²) in [4.78, 5) is 12.8. The number of carbonyl (C=O) groups excluding carboxylic acids is 1. The molecule has 0 N–H and O–H groups in total. The van der Waals surface area contributed by atoms with Gasteiger partial charge in [-0.1, -0.05) is 89.5 Å². The average molecular weight is 545 g/mol. The molecule has 0 radical (unpaired) electrons. The Morgan fingerprint density at radius 2 is 1.63 bits per heavy atom. The lowest BCUT2D eigenvalue weighted by molar-refractivity contribution is -0.953. The molecule has 2 heterocycles. The molecule has 0 saturated heterocycles. The summed E-state index contributed by atoms with van der Waals surface area (Å²) in [5.41, 5.74) is 2.85. The molecular formula is C30H46N3O4S+. The summed E-state index contributed by atoms with van der Waals surface area (Å²) in [7, 11) is 2.14. The van der Waals surface area contributed by atoms with Crippen molar-refractivity contribution in [2.24, 2.45) is 0 Å². The van der Waals surface area contributed by atoms with Crippen LogP contribution in [0, 0.1) is 0 Å². The summed E-state index contributed by atoms with van der Waals surface area (Å²) < 4.78 is 27.1. The highest BCUT2D eigenvalue weighted by Gasteiger charge is 2.41. The van der Waals surface area contributed by atoms with E-state index >= 15 is 0 Å². The largest absolute Gasteiger partial charge is 0.513 e. The quantitative estimate of drug-likeness (QED) is 0.114. The van der Waals surface area contributed by atoms with Crippen LogP contribution in [0.4, 0.5) is 4.79 Å². The molecule has 38 heavy (non-hydrogen) atoms. The van der Waals surface area contributed by atoms with E-state index in [1.54, 1.807) is 0 Å². The van der Waals surface area contributed by atoms with Gasteiger partial charge in [0.15, 0.2) is 0 Å². The minimum absolute atomic E-state index is 0.394. The van der Waals surface area contributed by atoms with Crippen LogP contribution in [0.25, 0.3) is 5.57 Å². The Morgan fingerprint density at radius 1 is 0.947 bits per heavy atom. The van der Waals surface area contributed by atoms with Gasteiger partial charge in [0.05, 0.1) is 44.1 Å². The zero-order valence-electron chi connectivity index (χ0n) is 23.5. The summed E-state index contributed by atoms with van der Waals surface area (Å²) >= 11 is 1.18. The Morgan fingerprint density at radius 3 is 2.39 bits per heavy atom. The van der Waals surface area contributed by atoms with E-state index in [-0.39, 0.29) is 0 Å². The van der Waals surface area contributed by atoms with E-state index in [0.29, 0.717) is 30.1 Å². The lowest BCUT2D eigenvalue weighted by Gasteiger charge is -2.42. The molecule has 0 bridgehead atoms. The number of aromatic nitrogens is 2. The highest BCUT2D eigenvalue weighted by molar-refractivity contribution is 6.99. The van der Waals surface area contributed by atoms with Crippen LogP contribution in [0.2, 0.25) is 0 Å². The van der Waals surface area contributed by atoms with Gasteiger partial charge in [-0.2, -0.15) is 4.37 Å². The van der Waals surface area contributed by atoms with Crippen molar-refractivity contribution < 1.29 is 23.5 Å². The molecule has 1 aromatic carbocycles. The van der Waals surface area contributed by atoms with Crippen molar-refractivity contribution in [3.8, 4) is 5.88 Å². The molecule has 3 rings (SSSR count). The molecule has 7 nitrogen and oxygen atoms in total. The second-order valence-electron chi connectivity index (χ2n) is 10.5. The minimum Gasteiger partial charge on any atom is -0.475 e. The lowest BCUT2D eigenvalue weighted by atomic mass is 10.0. The Bertz CT molecular complexity index is 981. The summed E-state index contributed by atoms with van der Waals surface area (Å²) in [6.07, 6.45) is 13.4. The van der Waals surface area contributed by atoms with Gasteiger partial charge in [0.1, 0.15) is 12.2 Å². The van der Waals surface area contributed by atoms with Crippen molar-refractivity contribution in [1.29, 1.82) is 0 Å². The van der Waals surface area contributed by atoms with Gasteiger partial charge in [-0.05, 0) is 25.0 Å². The Labute approximate surface area is 233 Å². The van der Waals surface area contributed by atoms with Crippen molar-refractivity contribution in [3.63, 3.8) is 0 Å². The molecule has 0 aliphatic carbocycles. The van der Waals surface area contributed by atoms with Gasteiger partial charge in [-0.25, -0.2) is 4.79 Å². The first-order valence-corrected chi connectivity index (χ1v) is 15.2. The van der Waals surface area contributed by atoms with Gasteiger partial charge in [0.25, 0.3) is 12.1 Å². The van der Waals surface area contributed by atoms with E-state index in [1.807, 2.05) is 30.3 Å². The van der Waals surface area contributed by atoms with Crippen molar-refractivity contribution in [2.75, 3.05) is 33.4 Å². The van der Waals surface area contributed by atoms with E-state index in [9.17, 15) is 4.79 Å². The Balaban J connectivity index is 1.64. The summed E-state index contributed by atoms with van der Waals surface area (Å²) in [5, 5.41) is 0. The number of rotatable bonds is 17. The van der Waals surface area contributed by atoms with Gasteiger partial charge in [0.2, 0.25) is 0 Å². The Kier molecular flexibility index (Phi) is 13.1. The van der Waals surface area contributed by atoms with Crippen LogP contribution < -0.4 is 4.74 Å². The standard InChI is InChI=1S/C30H46N3O4S/c1-4-6-8-10-11-16-23-36-30(34)37-29(25-18-13-12-14-19-25)33(3)21-17-20-26(24-33)27-28(32-38-31-27)35-22-15-9-7-5-2/h12-14,18-20,29H,4-11,15-17,21-24H2,1-3H3/q+1. The van der Waals surface area contributed by atoms with Crippen LogP contribution in [-0.4, -0.2) is 52.7 Å². The predicted molar refractivity (Wildman–Crippen MR) is 153 cm³/mol. The summed E-state index contributed by atoms with van der Waals surface area (Å²) in [6.45, 7) is 6.95. The molecule has 0 spiro atoms. The van der Waals surface area contributed by atoms with Crippen LogP contribution in [0.1, 0.15) is 102 Å². The van der Waals surface area contributed by atoms with Crippen LogP contribution in [0.15, 0.2) is 36.4 Å². The first-order chi connectivity index (χ1) is 18.6. The molecule has 1 aromatic heterocycles. The van der Waals surface area contributed by atoms with Crippen LogP contribution in [0.3, 0.4) is 0 Å². The normalized spacial score (nSPS) is 18.0. The van der Waals surface area contributed by atoms with E-state index in [4.69, 9.17) is 14.2 Å². The highest BCUT2D eigenvalue weighted by atomic mass is 32.1. The number of unbranched alkanes of at least 4 members (excludes halogenated alkanes) is 8. The molecule has 1 aliphatic rings. The van der Waals surface area contributed by atoms with Crippen LogP contribution in [0.5, 0.6) is 5.88 Å². The fraction of sp³-hybridized carbons (Fsp3) is 0.633. The fourth-order valence-electron chi connectivity index (χ4n) is 4.94. The first-order valence-electron chi connectivity index (χ1n) is 14.4. The molecular weight excluding hydrogens is 498 g/mol. The van der Waals surface area contributed by atoms with Crippen LogP contribution in [-0.2, 0) is 9.47 Å². The van der Waals surface area contributed by atoms with Gasteiger partial charge in [0, 0.05) is 12.0 Å². The summed E-state index contributed by atoms with van der Waals surface area (Å²) in [6, 6.07) is 9.97. The molecule has 8 heteroatoms. The topological polar surface area (TPSA) is 70.5 Å². The third-order valence-corrected chi connectivity index (χ3v) is 7.65. The lowest BCUT2D eigenvalue weighted by Crippen LogP contribution is -2.51. The maximum Gasteiger partial charge on any atom is 0.513 e. The Hall–Kier alpha value is -2.45. The predicted octanol–water partition coefficient (Wildman–Crippen LogP) is 7.94. The molecule has 0 saturated carbocycles. The maximum absolute atomic E-state index is 12.8. The smallest absolute Gasteiger partial charge is 0.475 e. The molecule has 0 fully saturated rings. The zero-order chi connectivity index (χ0) is 27.1. The van der Waals surface area contributed by atoms with Crippen LogP contribution >= 0.6 is 11.7 Å². The molecule has 2 unspecified atom stereocenters. The van der Waals surface area contributed by atoms with Crippen molar-refractivity contribution in [2.45, 2.75) is 90.7 Å². The minimum atomic E-state index is -0.603. The monoisotopic (exact) mass is 544 g/mol. The highest BCUT2D eigenvalue weighted by Crippen LogP contribution is 2.37. The number of benzene rings is 1. The zero-order valence-corrected chi connectivity index (χ0v) is 24.3. The second kappa shape index (κ2) is 16.5. The molecule has 1 aliphatic heterocycles. The third-order valence-electron chi connectivity index (χ3n) is 7.14. The fourth-order valence-corrected chi connectivity index (χ4v) is 5.47. The number of likely N-dealkylation sites (N-methyl/N-ethyl adjacent to an activating group) is 1. The summed E-state index contributed by atoms with van der Waals surface area (Å²) in [5.74, 6) is 0.613. The number of hydrogen-bond acceptors (Lipinski definition) is 7. The number of quaternary nitrogens is 1. The van der Waals surface area contributed by atoms with Crippen molar-refractivity contribution in [3.05, 3.63) is 47.7 Å². The van der Waals surface area contributed by atoms with Gasteiger partial charge in [-0.3, -0.25) is 4.48 Å². The van der Waals surface area contributed by atoms with E-state index in [0.717, 1.165) is 55.5 Å². The van der Waals surface area contributed by atoms with E-state index in [2.05, 4.69) is 35.7 Å². The molecule has 2 atom stereocenters. The number of carbonyl (C=O) groups is 1. The van der Waals surface area contributed by atoms with Crippen molar-refractivity contribution in [1.82, 2.24) is 8.75 Å². The van der Waals surface area contributed by atoms with E-state index < -0.39 is 12.4 Å². The SMILES string of the molecule is CCCCCCCCOC(=O)OC(c1ccccc1)[N+]1(C)CCC=C(c2nsnc2OCCCCCC)C1. The average Bonchev–Trinajstić information content (AvgIpc) is 3.40. The number of ether oxygens (including phenoxy) is 3.